The Morgan fingerprint density at radius 1 is 1.37 bits per heavy atom. The molecule has 0 aromatic rings. The summed E-state index contributed by atoms with van der Waals surface area (Å²) in [5, 5.41) is 13.0. The van der Waals surface area contributed by atoms with E-state index in [9.17, 15) is 5.21 Å². The lowest BCUT2D eigenvalue weighted by molar-refractivity contribution is 0.121. The fourth-order valence-electron chi connectivity index (χ4n) is 3.42. The Balaban J connectivity index is 3.47. The van der Waals surface area contributed by atoms with Crippen LogP contribution >= 0.6 is 0 Å². The second-order valence-corrected chi connectivity index (χ2v) is 5.79. The van der Waals surface area contributed by atoms with Crippen molar-refractivity contribution in [3.8, 4) is 0 Å². The fraction of sp³-hybridized carbons (Fsp3) is 0.688. The molecular formula is C16H27NO2. The maximum Gasteiger partial charge on any atom is 0.108 e. The van der Waals surface area contributed by atoms with Gasteiger partial charge in [-0.2, -0.15) is 0 Å². The topological polar surface area (TPSA) is 41.8 Å². The number of hydrogen-bond donors (Lipinski definition) is 1. The SMILES string of the molecule is CCCC1(C)C=C(C)C=C(OC)C1(C)C(CC)=NO. The van der Waals surface area contributed by atoms with Crippen LogP contribution in [0.15, 0.2) is 28.6 Å². The Hall–Kier alpha value is -1.25. The molecule has 0 bridgehead atoms. The summed E-state index contributed by atoms with van der Waals surface area (Å²) < 4.78 is 5.63. The minimum Gasteiger partial charge on any atom is -0.500 e. The minimum absolute atomic E-state index is 0.0938. The highest BCUT2D eigenvalue weighted by Gasteiger charge is 2.51. The third-order valence-corrected chi connectivity index (χ3v) is 4.56. The molecule has 0 aromatic carbocycles. The molecule has 1 N–H and O–H groups in total. The third kappa shape index (κ3) is 2.43. The number of oxime groups is 1. The standard InChI is InChI=1S/C16H27NO2/c1-7-9-15(4)11-12(3)10-14(19-6)16(15,5)13(8-2)17-18/h10-11,18H,7-9H2,1-6H3. The average Bonchev–Trinajstić information content (AvgIpc) is 2.35. The summed E-state index contributed by atoms with van der Waals surface area (Å²) in [6.45, 7) is 10.6. The molecule has 0 spiro atoms. The summed E-state index contributed by atoms with van der Waals surface area (Å²) in [7, 11) is 1.69. The molecule has 2 unspecified atom stereocenters. The Kier molecular flexibility index (Phi) is 4.83. The van der Waals surface area contributed by atoms with Crippen LogP contribution in [0.1, 0.15) is 53.9 Å². The van der Waals surface area contributed by atoms with Crippen molar-refractivity contribution in [1.82, 2.24) is 0 Å². The molecule has 0 fully saturated rings. The van der Waals surface area contributed by atoms with Crippen molar-refractivity contribution in [1.29, 1.82) is 0 Å². The highest BCUT2D eigenvalue weighted by Crippen LogP contribution is 2.53. The second kappa shape index (κ2) is 5.81. The minimum atomic E-state index is -0.388. The van der Waals surface area contributed by atoms with Gasteiger partial charge < -0.3 is 9.94 Å². The molecule has 0 saturated heterocycles. The van der Waals surface area contributed by atoms with Crippen LogP contribution in [-0.4, -0.2) is 18.0 Å². The first-order valence-corrected chi connectivity index (χ1v) is 7.06. The smallest absolute Gasteiger partial charge is 0.108 e. The van der Waals surface area contributed by atoms with Crippen LogP contribution in [0.25, 0.3) is 0 Å². The van der Waals surface area contributed by atoms with Crippen LogP contribution < -0.4 is 0 Å². The summed E-state index contributed by atoms with van der Waals surface area (Å²) in [4.78, 5) is 0. The number of nitrogens with zero attached hydrogens (tertiary/aromatic N) is 1. The van der Waals surface area contributed by atoms with E-state index < -0.39 is 0 Å². The van der Waals surface area contributed by atoms with Gasteiger partial charge in [0.2, 0.25) is 0 Å². The van der Waals surface area contributed by atoms with Crippen molar-refractivity contribution >= 4 is 5.71 Å². The van der Waals surface area contributed by atoms with E-state index in [2.05, 4.69) is 45.0 Å². The van der Waals surface area contributed by atoms with Crippen molar-refractivity contribution in [2.45, 2.75) is 53.9 Å². The van der Waals surface area contributed by atoms with Gasteiger partial charge in [-0.05, 0) is 32.8 Å². The Labute approximate surface area is 117 Å². The molecule has 3 nitrogen and oxygen atoms in total. The van der Waals surface area contributed by atoms with E-state index in [1.807, 2.05) is 6.92 Å². The van der Waals surface area contributed by atoms with Gasteiger partial charge in [0.1, 0.15) is 5.76 Å². The van der Waals surface area contributed by atoms with Crippen LogP contribution in [-0.2, 0) is 4.74 Å². The molecule has 0 radical (unpaired) electrons. The first-order chi connectivity index (χ1) is 8.89. The van der Waals surface area contributed by atoms with Crippen LogP contribution in [0.4, 0.5) is 0 Å². The van der Waals surface area contributed by atoms with Crippen molar-refractivity contribution in [2.75, 3.05) is 7.11 Å². The van der Waals surface area contributed by atoms with Gasteiger partial charge in [0.25, 0.3) is 0 Å². The van der Waals surface area contributed by atoms with Gasteiger partial charge in [0, 0.05) is 5.41 Å². The zero-order valence-electron chi connectivity index (χ0n) is 13.1. The molecule has 0 aromatic heterocycles. The summed E-state index contributed by atoms with van der Waals surface area (Å²) >= 11 is 0. The maximum atomic E-state index is 9.41. The van der Waals surface area contributed by atoms with Crippen LogP contribution in [0.2, 0.25) is 0 Å². The summed E-state index contributed by atoms with van der Waals surface area (Å²) in [6.07, 6.45) is 7.16. The van der Waals surface area contributed by atoms with E-state index in [0.717, 1.165) is 24.3 Å². The highest BCUT2D eigenvalue weighted by molar-refractivity contribution is 5.93. The number of ether oxygens (including phenoxy) is 1. The lowest BCUT2D eigenvalue weighted by atomic mass is 9.57. The van der Waals surface area contributed by atoms with E-state index in [0.29, 0.717) is 6.42 Å². The van der Waals surface area contributed by atoms with E-state index in [-0.39, 0.29) is 10.8 Å². The van der Waals surface area contributed by atoms with Crippen molar-refractivity contribution < 1.29 is 9.94 Å². The largest absolute Gasteiger partial charge is 0.500 e. The molecule has 0 aliphatic heterocycles. The molecule has 1 aliphatic carbocycles. The molecule has 1 rings (SSSR count). The Bertz CT molecular complexity index is 422. The zero-order valence-corrected chi connectivity index (χ0v) is 13.1. The summed E-state index contributed by atoms with van der Waals surface area (Å²) in [6, 6.07) is 0. The Morgan fingerprint density at radius 3 is 2.42 bits per heavy atom. The van der Waals surface area contributed by atoms with Crippen molar-refractivity contribution in [3.63, 3.8) is 0 Å². The van der Waals surface area contributed by atoms with Crippen LogP contribution in [0.3, 0.4) is 0 Å². The second-order valence-electron chi connectivity index (χ2n) is 5.79. The van der Waals surface area contributed by atoms with Gasteiger partial charge in [0.15, 0.2) is 0 Å². The lowest BCUT2D eigenvalue weighted by Gasteiger charge is -2.48. The van der Waals surface area contributed by atoms with Crippen LogP contribution in [0, 0.1) is 10.8 Å². The van der Waals surface area contributed by atoms with Crippen LogP contribution in [0.5, 0.6) is 0 Å². The first kappa shape index (κ1) is 15.8. The van der Waals surface area contributed by atoms with Crippen molar-refractivity contribution in [3.05, 3.63) is 23.5 Å². The van der Waals surface area contributed by atoms with E-state index in [4.69, 9.17) is 4.74 Å². The third-order valence-electron chi connectivity index (χ3n) is 4.56. The van der Waals surface area contributed by atoms with Crippen molar-refractivity contribution in [2.24, 2.45) is 16.0 Å². The normalized spacial score (nSPS) is 31.8. The molecule has 2 atom stereocenters. The predicted molar refractivity (Wildman–Crippen MR) is 79.5 cm³/mol. The molecular weight excluding hydrogens is 238 g/mol. The summed E-state index contributed by atoms with van der Waals surface area (Å²) in [5.41, 5.74) is 1.50. The number of allylic oxidation sites excluding steroid dienone is 4. The quantitative estimate of drug-likeness (QED) is 0.451. The average molecular weight is 265 g/mol. The fourth-order valence-corrected chi connectivity index (χ4v) is 3.42. The van der Waals surface area contributed by atoms with E-state index >= 15 is 0 Å². The van der Waals surface area contributed by atoms with E-state index in [1.165, 1.54) is 5.57 Å². The Morgan fingerprint density at radius 2 is 2.00 bits per heavy atom. The number of methoxy groups -OCH3 is 1. The van der Waals surface area contributed by atoms with E-state index in [1.54, 1.807) is 7.11 Å². The molecule has 108 valence electrons. The van der Waals surface area contributed by atoms with Gasteiger partial charge in [0.05, 0.1) is 18.2 Å². The molecule has 19 heavy (non-hydrogen) atoms. The molecule has 0 heterocycles. The molecule has 1 aliphatic rings. The zero-order chi connectivity index (χ0) is 14.7. The maximum absolute atomic E-state index is 9.41. The predicted octanol–water partition coefficient (Wildman–Crippen LogP) is 4.53. The van der Waals surface area contributed by atoms with Gasteiger partial charge in [-0.15, -0.1) is 0 Å². The van der Waals surface area contributed by atoms with Gasteiger partial charge in [-0.25, -0.2) is 0 Å². The number of hydrogen-bond acceptors (Lipinski definition) is 3. The first-order valence-electron chi connectivity index (χ1n) is 7.06. The molecule has 0 saturated carbocycles. The molecule has 3 heteroatoms. The molecule has 0 amide bonds. The lowest BCUT2D eigenvalue weighted by Crippen LogP contribution is -2.46. The monoisotopic (exact) mass is 265 g/mol. The van der Waals surface area contributed by atoms with Gasteiger partial charge in [-0.3, -0.25) is 0 Å². The highest BCUT2D eigenvalue weighted by atomic mass is 16.5. The number of rotatable bonds is 5. The van der Waals surface area contributed by atoms with Gasteiger partial charge in [-0.1, -0.05) is 44.0 Å². The van der Waals surface area contributed by atoms with Gasteiger partial charge >= 0.3 is 0 Å². The summed E-state index contributed by atoms with van der Waals surface area (Å²) in [5.74, 6) is 0.887.